The minimum Gasteiger partial charge on any atom is -0.540 e. The van der Waals surface area contributed by atoms with Crippen LogP contribution in [0.3, 0.4) is 0 Å². The normalized spacial score (nSPS) is 12.4. The Morgan fingerprint density at radius 1 is 1.00 bits per heavy atom. The quantitative estimate of drug-likeness (QED) is 0.668. The number of hydrogen-bond donors (Lipinski definition) is 1. The van der Waals surface area contributed by atoms with Crippen LogP contribution >= 0.6 is 0 Å². The molecule has 0 unspecified atom stereocenters. The fourth-order valence-corrected chi connectivity index (χ4v) is 3.04. The Balaban J connectivity index is 1.85. The van der Waals surface area contributed by atoms with Gasteiger partial charge in [0, 0.05) is 12.4 Å². The van der Waals surface area contributed by atoms with Crippen LogP contribution in [0.4, 0.5) is 0 Å². The number of nitrogens with one attached hydrogen (secondary N) is 1. The minimum atomic E-state index is -1.94. The Labute approximate surface area is 143 Å². The van der Waals surface area contributed by atoms with Crippen LogP contribution in [0, 0.1) is 0 Å². The molecule has 3 aromatic rings. The van der Waals surface area contributed by atoms with Crippen LogP contribution in [-0.2, 0) is 0 Å². The second kappa shape index (κ2) is 5.94. The molecule has 1 aromatic carbocycles. The van der Waals surface area contributed by atoms with Gasteiger partial charge in [0.1, 0.15) is 0 Å². The summed E-state index contributed by atoms with van der Waals surface area (Å²) in [5.41, 5.74) is 1.65. The maximum Gasteiger partial charge on any atom is 0.250 e. The molecule has 0 fully saturated rings. The van der Waals surface area contributed by atoms with Gasteiger partial charge in [0.05, 0.1) is 17.2 Å². The zero-order valence-electron chi connectivity index (χ0n) is 14.8. The average molecular weight is 341 g/mol. The monoisotopic (exact) mass is 341 g/mol. The van der Waals surface area contributed by atoms with Crippen molar-refractivity contribution in [1.82, 2.24) is 15.0 Å². The summed E-state index contributed by atoms with van der Waals surface area (Å²) in [6.07, 6.45) is 5.23. The molecule has 0 aliphatic heterocycles. The minimum absolute atomic E-state index is 0.115. The molecular weight excluding hydrogens is 318 g/mol. The lowest BCUT2D eigenvalue weighted by Gasteiger charge is -2.36. The smallest absolute Gasteiger partial charge is 0.250 e. The van der Waals surface area contributed by atoms with Crippen molar-refractivity contribution in [2.75, 3.05) is 0 Å². The largest absolute Gasteiger partial charge is 0.540 e. The van der Waals surface area contributed by atoms with E-state index in [1.165, 1.54) is 0 Å². The maximum absolute atomic E-state index is 6.33. The number of aromatic nitrogens is 3. The molecule has 6 heteroatoms. The molecule has 0 atom stereocenters. The molecule has 2 aromatic heterocycles. The number of hydrogen-bond acceptors (Lipinski definition) is 4. The van der Waals surface area contributed by atoms with Crippen molar-refractivity contribution in [2.45, 2.75) is 38.9 Å². The molecular formula is C18H23N3O2Si. The van der Waals surface area contributed by atoms with Gasteiger partial charge in [-0.3, -0.25) is 0 Å². The summed E-state index contributed by atoms with van der Waals surface area (Å²) in [5, 5.41) is 0.115. The summed E-state index contributed by atoms with van der Waals surface area (Å²) in [6, 6.07) is 7.71. The number of H-pyrrole nitrogens is 1. The summed E-state index contributed by atoms with van der Waals surface area (Å²) < 4.78 is 12.2. The van der Waals surface area contributed by atoms with E-state index in [-0.39, 0.29) is 5.04 Å². The van der Waals surface area contributed by atoms with Gasteiger partial charge in [-0.2, -0.15) is 0 Å². The van der Waals surface area contributed by atoms with Crippen molar-refractivity contribution in [3.05, 3.63) is 42.9 Å². The highest BCUT2D eigenvalue weighted by Gasteiger charge is 2.39. The van der Waals surface area contributed by atoms with Gasteiger partial charge in [0.15, 0.2) is 11.5 Å². The standard InChI is InChI=1S/C18H23N3O2Si/c1-18(2,3)24(4,5)23-16-11-19-10-15(16)22-17-12-20-13-8-6-7-9-14(13)21-17/h6-12,19H,1-5H3. The number of ether oxygens (including phenoxy) is 1. The fourth-order valence-electron chi connectivity index (χ4n) is 2.02. The third-order valence-corrected chi connectivity index (χ3v) is 8.83. The highest BCUT2D eigenvalue weighted by molar-refractivity contribution is 6.74. The number of nitrogens with zero attached hydrogens (tertiary/aromatic N) is 2. The predicted molar refractivity (Wildman–Crippen MR) is 98.2 cm³/mol. The average Bonchev–Trinajstić information content (AvgIpc) is 2.92. The SMILES string of the molecule is CC(C)(C)[Si](C)(C)Oc1c[nH]cc1Oc1cnc2ccccc2n1. The van der Waals surface area contributed by atoms with Gasteiger partial charge in [-0.1, -0.05) is 32.9 Å². The molecule has 0 spiro atoms. The molecule has 1 N–H and O–H groups in total. The van der Waals surface area contributed by atoms with E-state index in [1.807, 2.05) is 30.5 Å². The van der Waals surface area contributed by atoms with Crippen LogP contribution in [0.2, 0.25) is 18.1 Å². The molecule has 126 valence electrons. The third kappa shape index (κ3) is 3.28. The van der Waals surface area contributed by atoms with Gasteiger partial charge in [-0.15, -0.1) is 0 Å². The lowest BCUT2D eigenvalue weighted by molar-refractivity contribution is 0.422. The van der Waals surface area contributed by atoms with Gasteiger partial charge in [-0.05, 0) is 30.3 Å². The second-order valence-electron chi connectivity index (χ2n) is 7.35. The Morgan fingerprint density at radius 3 is 2.38 bits per heavy atom. The Bertz CT molecular complexity index is 853. The van der Waals surface area contributed by atoms with Crippen LogP contribution in [0.25, 0.3) is 11.0 Å². The van der Waals surface area contributed by atoms with E-state index in [0.717, 1.165) is 16.8 Å². The first-order valence-corrected chi connectivity index (χ1v) is 10.9. The molecule has 0 bridgehead atoms. The van der Waals surface area contributed by atoms with Crippen molar-refractivity contribution in [3.8, 4) is 17.4 Å². The summed E-state index contributed by atoms with van der Waals surface area (Å²) >= 11 is 0. The van der Waals surface area contributed by atoms with E-state index in [2.05, 4.69) is 48.8 Å². The number of fused-ring (bicyclic) bond motifs is 1. The lowest BCUT2D eigenvalue weighted by Crippen LogP contribution is -2.43. The molecule has 5 nitrogen and oxygen atoms in total. The van der Waals surface area contributed by atoms with Gasteiger partial charge < -0.3 is 14.1 Å². The topological polar surface area (TPSA) is 60.0 Å². The molecule has 2 heterocycles. The van der Waals surface area contributed by atoms with Gasteiger partial charge >= 0.3 is 0 Å². The van der Waals surface area contributed by atoms with Crippen LogP contribution in [0.5, 0.6) is 17.4 Å². The van der Waals surface area contributed by atoms with Gasteiger partial charge in [0.25, 0.3) is 8.32 Å². The summed E-state index contributed by atoms with van der Waals surface area (Å²) in [5.74, 6) is 1.80. The fraction of sp³-hybridized carbons (Fsp3) is 0.333. The molecule has 0 aliphatic rings. The first-order chi connectivity index (χ1) is 11.3. The number of benzene rings is 1. The van der Waals surface area contributed by atoms with Crippen molar-refractivity contribution in [2.24, 2.45) is 0 Å². The van der Waals surface area contributed by atoms with Crippen LogP contribution < -0.4 is 9.16 Å². The first kappa shape index (κ1) is 16.5. The molecule has 0 radical (unpaired) electrons. The first-order valence-electron chi connectivity index (χ1n) is 8.02. The Hall–Kier alpha value is -2.34. The summed E-state index contributed by atoms with van der Waals surface area (Å²) in [7, 11) is -1.94. The van der Waals surface area contributed by atoms with Crippen molar-refractivity contribution < 1.29 is 9.16 Å². The predicted octanol–water partition coefficient (Wildman–Crippen LogP) is 5.13. The zero-order chi connectivity index (χ0) is 17.4. The number of rotatable bonds is 4. The van der Waals surface area contributed by atoms with Crippen LogP contribution in [-0.4, -0.2) is 23.3 Å². The van der Waals surface area contributed by atoms with E-state index in [9.17, 15) is 0 Å². The number of aromatic amines is 1. The lowest BCUT2D eigenvalue weighted by atomic mass is 10.2. The van der Waals surface area contributed by atoms with Crippen molar-refractivity contribution in [1.29, 1.82) is 0 Å². The third-order valence-electron chi connectivity index (χ3n) is 4.48. The second-order valence-corrected chi connectivity index (χ2v) is 12.1. The Morgan fingerprint density at radius 2 is 1.67 bits per heavy atom. The molecule has 3 rings (SSSR count). The summed E-state index contributed by atoms with van der Waals surface area (Å²) in [6.45, 7) is 11.0. The van der Waals surface area contributed by atoms with Crippen LogP contribution in [0.15, 0.2) is 42.9 Å². The van der Waals surface area contributed by atoms with Crippen LogP contribution in [0.1, 0.15) is 20.8 Å². The van der Waals surface area contributed by atoms with E-state index >= 15 is 0 Å². The van der Waals surface area contributed by atoms with E-state index in [4.69, 9.17) is 9.16 Å². The van der Waals surface area contributed by atoms with Crippen molar-refractivity contribution in [3.63, 3.8) is 0 Å². The van der Waals surface area contributed by atoms with E-state index in [0.29, 0.717) is 11.6 Å². The van der Waals surface area contributed by atoms with E-state index in [1.54, 1.807) is 12.4 Å². The molecule has 0 amide bonds. The van der Waals surface area contributed by atoms with E-state index < -0.39 is 8.32 Å². The number of para-hydroxylation sites is 2. The summed E-state index contributed by atoms with van der Waals surface area (Å²) in [4.78, 5) is 11.9. The zero-order valence-corrected chi connectivity index (χ0v) is 15.8. The highest BCUT2D eigenvalue weighted by atomic mass is 28.4. The molecule has 0 saturated heterocycles. The molecule has 0 aliphatic carbocycles. The molecule has 0 saturated carbocycles. The van der Waals surface area contributed by atoms with Gasteiger partial charge in [-0.25, -0.2) is 9.97 Å². The van der Waals surface area contributed by atoms with Gasteiger partial charge in [0.2, 0.25) is 5.88 Å². The maximum atomic E-state index is 6.33. The highest BCUT2D eigenvalue weighted by Crippen LogP contribution is 2.40. The Kier molecular flexibility index (Phi) is 4.09. The van der Waals surface area contributed by atoms with Crippen molar-refractivity contribution >= 4 is 19.4 Å². The molecule has 24 heavy (non-hydrogen) atoms.